The second-order valence-corrected chi connectivity index (χ2v) is 7.23. The van der Waals surface area contributed by atoms with Crippen molar-refractivity contribution >= 4 is 38.9 Å². The van der Waals surface area contributed by atoms with Crippen LogP contribution in [-0.4, -0.2) is 7.05 Å². The van der Waals surface area contributed by atoms with Gasteiger partial charge in [-0.05, 0) is 71.7 Å². The van der Waals surface area contributed by atoms with Crippen LogP contribution in [0.15, 0.2) is 28.1 Å². The number of halogens is 2. The SMILES string of the molecule is CNC(c1cc(C)cc(Cl)c1)c1cc(C)c(Br)s1. The third-order valence-corrected chi connectivity index (χ3v) is 5.27. The van der Waals surface area contributed by atoms with Gasteiger partial charge in [0.15, 0.2) is 0 Å². The molecule has 1 nitrogen and oxygen atoms in total. The number of hydrogen-bond donors (Lipinski definition) is 1. The Morgan fingerprint density at radius 3 is 2.44 bits per heavy atom. The largest absolute Gasteiger partial charge is 0.309 e. The van der Waals surface area contributed by atoms with Crippen LogP contribution in [0.25, 0.3) is 0 Å². The normalized spacial score (nSPS) is 12.7. The molecule has 1 aromatic carbocycles. The van der Waals surface area contributed by atoms with Gasteiger partial charge in [0.2, 0.25) is 0 Å². The van der Waals surface area contributed by atoms with Gasteiger partial charge in [0.05, 0.1) is 9.83 Å². The van der Waals surface area contributed by atoms with Gasteiger partial charge in [-0.1, -0.05) is 17.7 Å². The summed E-state index contributed by atoms with van der Waals surface area (Å²) in [6, 6.07) is 8.59. The summed E-state index contributed by atoms with van der Waals surface area (Å²) in [6.45, 7) is 4.18. The van der Waals surface area contributed by atoms with E-state index < -0.39 is 0 Å². The summed E-state index contributed by atoms with van der Waals surface area (Å²) in [7, 11) is 1.98. The minimum Gasteiger partial charge on any atom is -0.309 e. The van der Waals surface area contributed by atoms with Crippen LogP contribution in [-0.2, 0) is 0 Å². The summed E-state index contributed by atoms with van der Waals surface area (Å²) in [5.74, 6) is 0. The number of benzene rings is 1. The van der Waals surface area contributed by atoms with Crippen molar-refractivity contribution in [3.05, 3.63) is 54.6 Å². The summed E-state index contributed by atoms with van der Waals surface area (Å²) in [5.41, 5.74) is 3.66. The zero-order valence-corrected chi connectivity index (χ0v) is 13.7. The Balaban J connectivity index is 2.44. The third-order valence-electron chi connectivity index (χ3n) is 2.85. The molecular formula is C14H15BrClNS. The predicted octanol–water partition coefficient (Wildman–Crippen LogP) is 5.09. The fourth-order valence-corrected chi connectivity index (χ4v) is 4.04. The van der Waals surface area contributed by atoms with Gasteiger partial charge < -0.3 is 5.32 Å². The van der Waals surface area contributed by atoms with Gasteiger partial charge in [-0.3, -0.25) is 0 Å². The lowest BCUT2D eigenvalue weighted by atomic mass is 10.0. The summed E-state index contributed by atoms with van der Waals surface area (Å²) >= 11 is 11.5. The Kier molecular flexibility index (Phi) is 4.49. The van der Waals surface area contributed by atoms with Gasteiger partial charge in [0.1, 0.15) is 0 Å². The first-order valence-corrected chi connectivity index (χ1v) is 7.70. The summed E-state index contributed by atoms with van der Waals surface area (Å²) in [4.78, 5) is 1.29. The Hall–Kier alpha value is -0.350. The van der Waals surface area contributed by atoms with E-state index >= 15 is 0 Å². The highest BCUT2D eigenvalue weighted by atomic mass is 79.9. The molecule has 2 aromatic rings. The predicted molar refractivity (Wildman–Crippen MR) is 83.8 cm³/mol. The lowest BCUT2D eigenvalue weighted by Gasteiger charge is -2.16. The minimum absolute atomic E-state index is 0.192. The van der Waals surface area contributed by atoms with E-state index in [0.29, 0.717) is 0 Å². The van der Waals surface area contributed by atoms with E-state index in [-0.39, 0.29) is 6.04 Å². The van der Waals surface area contributed by atoms with Crippen molar-refractivity contribution in [3.8, 4) is 0 Å². The molecule has 0 fully saturated rings. The van der Waals surface area contributed by atoms with Crippen molar-refractivity contribution in [3.63, 3.8) is 0 Å². The molecule has 0 saturated carbocycles. The van der Waals surface area contributed by atoms with Crippen molar-refractivity contribution in [2.75, 3.05) is 7.05 Å². The fourth-order valence-electron chi connectivity index (χ4n) is 2.03. The Bertz CT molecular complexity index is 525. The van der Waals surface area contributed by atoms with E-state index in [0.717, 1.165) is 5.02 Å². The van der Waals surface area contributed by atoms with Gasteiger partial charge in [0, 0.05) is 9.90 Å². The second-order valence-electron chi connectivity index (χ2n) is 4.39. The fraction of sp³-hybridized carbons (Fsp3) is 0.286. The summed E-state index contributed by atoms with van der Waals surface area (Å²) in [5, 5.41) is 4.15. The molecule has 0 amide bonds. The molecule has 1 unspecified atom stereocenters. The molecule has 1 aromatic heterocycles. The van der Waals surface area contributed by atoms with Crippen LogP contribution in [0.5, 0.6) is 0 Å². The molecule has 0 aliphatic carbocycles. The Morgan fingerprint density at radius 1 is 1.22 bits per heavy atom. The highest BCUT2D eigenvalue weighted by Crippen LogP contribution is 2.35. The zero-order valence-electron chi connectivity index (χ0n) is 10.6. The summed E-state index contributed by atoms with van der Waals surface area (Å²) < 4.78 is 1.19. The van der Waals surface area contributed by atoms with E-state index in [9.17, 15) is 0 Å². The van der Waals surface area contributed by atoms with Crippen LogP contribution in [0.2, 0.25) is 5.02 Å². The van der Waals surface area contributed by atoms with Gasteiger partial charge in [-0.25, -0.2) is 0 Å². The molecule has 0 saturated heterocycles. The number of hydrogen-bond acceptors (Lipinski definition) is 2. The van der Waals surface area contributed by atoms with Crippen molar-refractivity contribution in [1.82, 2.24) is 5.32 Å². The molecule has 0 aliphatic rings. The smallest absolute Gasteiger partial charge is 0.0731 e. The monoisotopic (exact) mass is 343 g/mol. The molecule has 0 aliphatic heterocycles. The van der Waals surface area contributed by atoms with Crippen LogP contribution < -0.4 is 5.32 Å². The topological polar surface area (TPSA) is 12.0 Å². The molecule has 1 atom stereocenters. The Labute approximate surface area is 125 Å². The highest BCUT2D eigenvalue weighted by molar-refractivity contribution is 9.11. The van der Waals surface area contributed by atoms with Crippen LogP contribution in [0.3, 0.4) is 0 Å². The molecule has 2 rings (SSSR count). The minimum atomic E-state index is 0.192. The lowest BCUT2D eigenvalue weighted by Crippen LogP contribution is -2.16. The van der Waals surface area contributed by atoms with E-state index in [1.54, 1.807) is 11.3 Å². The molecule has 1 N–H and O–H groups in total. The average Bonchev–Trinajstić information content (AvgIpc) is 2.58. The van der Waals surface area contributed by atoms with Gasteiger partial charge in [0.25, 0.3) is 0 Å². The lowest BCUT2D eigenvalue weighted by molar-refractivity contribution is 0.703. The van der Waals surface area contributed by atoms with Crippen molar-refractivity contribution in [1.29, 1.82) is 0 Å². The molecule has 4 heteroatoms. The van der Waals surface area contributed by atoms with Crippen molar-refractivity contribution < 1.29 is 0 Å². The molecule has 96 valence electrons. The zero-order chi connectivity index (χ0) is 13.3. The van der Waals surface area contributed by atoms with E-state index in [1.807, 2.05) is 19.2 Å². The summed E-state index contributed by atoms with van der Waals surface area (Å²) in [6.07, 6.45) is 0. The van der Waals surface area contributed by atoms with Crippen LogP contribution in [0, 0.1) is 13.8 Å². The van der Waals surface area contributed by atoms with Crippen LogP contribution >= 0.6 is 38.9 Å². The number of nitrogens with one attached hydrogen (secondary N) is 1. The first-order valence-electron chi connectivity index (χ1n) is 5.71. The first kappa shape index (κ1) is 14.1. The van der Waals surface area contributed by atoms with Crippen molar-refractivity contribution in [2.24, 2.45) is 0 Å². The molecule has 18 heavy (non-hydrogen) atoms. The Morgan fingerprint density at radius 2 is 1.94 bits per heavy atom. The standard InChI is InChI=1S/C14H15BrClNS/c1-8-4-10(7-11(16)5-8)13(17-3)12-6-9(2)14(15)18-12/h4-7,13,17H,1-3H3. The molecule has 1 heterocycles. The van der Waals surface area contributed by atoms with Gasteiger partial charge >= 0.3 is 0 Å². The number of thiophene rings is 1. The van der Waals surface area contributed by atoms with E-state index in [4.69, 9.17) is 11.6 Å². The molecule has 0 bridgehead atoms. The van der Waals surface area contributed by atoms with Crippen LogP contribution in [0.4, 0.5) is 0 Å². The van der Waals surface area contributed by atoms with Crippen LogP contribution in [0.1, 0.15) is 27.6 Å². The quantitative estimate of drug-likeness (QED) is 0.818. The molecular weight excluding hydrogens is 330 g/mol. The highest BCUT2D eigenvalue weighted by Gasteiger charge is 2.16. The van der Waals surface area contributed by atoms with Crippen molar-refractivity contribution in [2.45, 2.75) is 19.9 Å². The molecule has 0 spiro atoms. The maximum atomic E-state index is 6.14. The maximum absolute atomic E-state index is 6.14. The average molecular weight is 345 g/mol. The second kappa shape index (κ2) is 5.74. The molecule has 0 radical (unpaired) electrons. The maximum Gasteiger partial charge on any atom is 0.0731 e. The van der Waals surface area contributed by atoms with E-state index in [1.165, 1.54) is 25.4 Å². The van der Waals surface area contributed by atoms with E-state index in [2.05, 4.69) is 47.2 Å². The number of rotatable bonds is 3. The van der Waals surface area contributed by atoms with Gasteiger partial charge in [-0.2, -0.15) is 0 Å². The third kappa shape index (κ3) is 2.97. The van der Waals surface area contributed by atoms with Gasteiger partial charge in [-0.15, -0.1) is 11.3 Å². The number of aryl methyl sites for hydroxylation is 2. The first-order chi connectivity index (χ1) is 8.51.